The van der Waals surface area contributed by atoms with Crippen LogP contribution in [-0.2, 0) is 4.79 Å². The van der Waals surface area contributed by atoms with Gasteiger partial charge in [0.2, 0.25) is 5.91 Å². The van der Waals surface area contributed by atoms with E-state index in [4.69, 9.17) is 0 Å². The zero-order valence-electron chi connectivity index (χ0n) is 12.9. The standard InChI is InChI=1S/C15H31N3O/c1-4-6-10-17-15(19)13(3)18(11-5-2)14-8-7-9-16-12-14/h13-14,16H,4-12H2,1-3H3,(H,17,19). The molecule has 1 aliphatic heterocycles. The minimum atomic E-state index is -0.0123. The number of piperidine rings is 1. The molecule has 0 aliphatic carbocycles. The van der Waals surface area contributed by atoms with Crippen molar-refractivity contribution in [3.63, 3.8) is 0 Å². The second-order valence-corrected chi connectivity index (χ2v) is 5.56. The Hall–Kier alpha value is -0.610. The maximum absolute atomic E-state index is 12.2. The lowest BCUT2D eigenvalue weighted by Gasteiger charge is -2.38. The Kier molecular flexibility index (Phi) is 8.07. The van der Waals surface area contributed by atoms with Gasteiger partial charge < -0.3 is 10.6 Å². The number of nitrogens with one attached hydrogen (secondary N) is 2. The Bertz CT molecular complexity index is 252. The highest BCUT2D eigenvalue weighted by Gasteiger charge is 2.28. The van der Waals surface area contributed by atoms with Crippen molar-refractivity contribution in [2.45, 2.75) is 65.0 Å². The van der Waals surface area contributed by atoms with Crippen molar-refractivity contribution in [3.05, 3.63) is 0 Å². The molecule has 2 unspecified atom stereocenters. The summed E-state index contributed by atoms with van der Waals surface area (Å²) in [6, 6.07) is 0.502. The monoisotopic (exact) mass is 269 g/mol. The van der Waals surface area contributed by atoms with E-state index in [-0.39, 0.29) is 11.9 Å². The SMILES string of the molecule is CCCCNC(=O)C(C)N(CCC)C1CCCNC1. The molecule has 4 nitrogen and oxygen atoms in total. The van der Waals surface area contributed by atoms with Crippen LogP contribution in [0.4, 0.5) is 0 Å². The van der Waals surface area contributed by atoms with Crippen molar-refractivity contribution >= 4 is 5.91 Å². The van der Waals surface area contributed by atoms with E-state index < -0.39 is 0 Å². The summed E-state index contributed by atoms with van der Waals surface area (Å²) < 4.78 is 0. The third-order valence-electron chi connectivity index (χ3n) is 3.93. The van der Waals surface area contributed by atoms with Gasteiger partial charge in [0.05, 0.1) is 6.04 Å². The Morgan fingerprint density at radius 1 is 1.42 bits per heavy atom. The highest BCUT2D eigenvalue weighted by atomic mass is 16.2. The molecular weight excluding hydrogens is 238 g/mol. The van der Waals surface area contributed by atoms with Crippen molar-refractivity contribution in [3.8, 4) is 0 Å². The van der Waals surface area contributed by atoms with E-state index in [1.54, 1.807) is 0 Å². The number of rotatable bonds is 8. The van der Waals surface area contributed by atoms with Crippen LogP contribution in [0.1, 0.15) is 52.9 Å². The summed E-state index contributed by atoms with van der Waals surface area (Å²) in [7, 11) is 0. The largest absolute Gasteiger partial charge is 0.355 e. The quantitative estimate of drug-likeness (QED) is 0.660. The zero-order chi connectivity index (χ0) is 14.1. The topological polar surface area (TPSA) is 44.4 Å². The molecule has 1 saturated heterocycles. The minimum Gasteiger partial charge on any atom is -0.355 e. The average molecular weight is 269 g/mol. The van der Waals surface area contributed by atoms with E-state index in [0.717, 1.165) is 45.4 Å². The van der Waals surface area contributed by atoms with E-state index in [2.05, 4.69) is 29.4 Å². The highest BCUT2D eigenvalue weighted by molar-refractivity contribution is 5.81. The highest BCUT2D eigenvalue weighted by Crippen LogP contribution is 2.14. The van der Waals surface area contributed by atoms with Crippen LogP contribution in [0.25, 0.3) is 0 Å². The van der Waals surface area contributed by atoms with Crippen molar-refractivity contribution in [2.75, 3.05) is 26.2 Å². The second-order valence-electron chi connectivity index (χ2n) is 5.56. The van der Waals surface area contributed by atoms with Gasteiger partial charge in [-0.15, -0.1) is 0 Å². The van der Waals surface area contributed by atoms with Crippen molar-refractivity contribution in [1.29, 1.82) is 0 Å². The molecule has 4 heteroatoms. The molecule has 0 aromatic carbocycles. The van der Waals surface area contributed by atoms with Crippen LogP contribution < -0.4 is 10.6 Å². The van der Waals surface area contributed by atoms with Crippen molar-refractivity contribution in [2.24, 2.45) is 0 Å². The molecule has 0 spiro atoms. The number of amides is 1. The van der Waals surface area contributed by atoms with Crippen LogP contribution in [-0.4, -0.2) is 49.1 Å². The third-order valence-corrected chi connectivity index (χ3v) is 3.93. The average Bonchev–Trinajstić information content (AvgIpc) is 2.45. The Morgan fingerprint density at radius 3 is 2.79 bits per heavy atom. The van der Waals surface area contributed by atoms with Gasteiger partial charge in [-0.25, -0.2) is 0 Å². The lowest BCUT2D eigenvalue weighted by Crippen LogP contribution is -2.54. The number of nitrogens with zero attached hydrogens (tertiary/aromatic N) is 1. The van der Waals surface area contributed by atoms with Crippen LogP contribution in [0, 0.1) is 0 Å². The van der Waals surface area contributed by atoms with Gasteiger partial charge in [-0.05, 0) is 45.7 Å². The van der Waals surface area contributed by atoms with Crippen LogP contribution in [0.3, 0.4) is 0 Å². The van der Waals surface area contributed by atoms with Gasteiger partial charge in [0.1, 0.15) is 0 Å². The molecule has 1 heterocycles. The predicted octanol–water partition coefficient (Wildman–Crippen LogP) is 1.76. The Labute approximate surface area is 118 Å². The van der Waals surface area contributed by atoms with Crippen LogP contribution in [0.2, 0.25) is 0 Å². The molecular formula is C15H31N3O. The summed E-state index contributed by atoms with van der Waals surface area (Å²) in [6.07, 6.45) is 5.72. The Morgan fingerprint density at radius 2 is 2.21 bits per heavy atom. The fourth-order valence-corrected chi connectivity index (χ4v) is 2.75. The van der Waals surface area contributed by atoms with E-state index in [9.17, 15) is 4.79 Å². The predicted molar refractivity (Wildman–Crippen MR) is 80.3 cm³/mol. The number of hydrogen-bond acceptors (Lipinski definition) is 3. The summed E-state index contributed by atoms with van der Waals surface area (Å²) in [5, 5.41) is 6.51. The molecule has 1 rings (SSSR count). The van der Waals surface area contributed by atoms with Crippen molar-refractivity contribution in [1.82, 2.24) is 15.5 Å². The molecule has 2 N–H and O–H groups in total. The molecule has 2 atom stereocenters. The molecule has 19 heavy (non-hydrogen) atoms. The van der Waals surface area contributed by atoms with Crippen molar-refractivity contribution < 1.29 is 4.79 Å². The van der Waals surface area contributed by atoms with Gasteiger partial charge >= 0.3 is 0 Å². The van der Waals surface area contributed by atoms with E-state index in [1.807, 2.05) is 6.92 Å². The summed E-state index contributed by atoms with van der Waals surface area (Å²) in [6.45, 7) is 10.3. The maximum atomic E-state index is 12.2. The number of unbranched alkanes of at least 4 members (excludes halogenated alkanes) is 1. The van der Waals surface area contributed by atoms with Gasteiger partial charge in [0, 0.05) is 19.1 Å². The summed E-state index contributed by atoms with van der Waals surface area (Å²) in [4.78, 5) is 14.6. The molecule has 0 aromatic rings. The van der Waals surface area contributed by atoms with Gasteiger partial charge in [0.15, 0.2) is 0 Å². The number of carbonyl (C=O) groups is 1. The lowest BCUT2D eigenvalue weighted by molar-refractivity contribution is -0.127. The lowest BCUT2D eigenvalue weighted by atomic mass is 10.0. The molecule has 1 fully saturated rings. The number of carbonyl (C=O) groups excluding carboxylic acids is 1. The van der Waals surface area contributed by atoms with E-state index in [1.165, 1.54) is 12.8 Å². The third kappa shape index (κ3) is 5.49. The smallest absolute Gasteiger partial charge is 0.237 e. The number of hydrogen-bond donors (Lipinski definition) is 2. The van der Waals surface area contributed by atoms with Gasteiger partial charge in [-0.2, -0.15) is 0 Å². The first-order valence-corrected chi connectivity index (χ1v) is 7.94. The fourth-order valence-electron chi connectivity index (χ4n) is 2.75. The fraction of sp³-hybridized carbons (Fsp3) is 0.933. The molecule has 0 bridgehead atoms. The first kappa shape index (κ1) is 16.4. The van der Waals surface area contributed by atoms with Gasteiger partial charge in [-0.3, -0.25) is 9.69 Å². The molecule has 112 valence electrons. The van der Waals surface area contributed by atoms with Crippen LogP contribution in [0.15, 0.2) is 0 Å². The maximum Gasteiger partial charge on any atom is 0.237 e. The van der Waals surface area contributed by atoms with Crippen LogP contribution in [0.5, 0.6) is 0 Å². The Balaban J connectivity index is 2.50. The molecule has 1 amide bonds. The summed E-state index contributed by atoms with van der Waals surface area (Å²) in [5.74, 6) is 0.187. The summed E-state index contributed by atoms with van der Waals surface area (Å²) in [5.41, 5.74) is 0. The zero-order valence-corrected chi connectivity index (χ0v) is 12.9. The van der Waals surface area contributed by atoms with E-state index >= 15 is 0 Å². The van der Waals surface area contributed by atoms with Crippen LogP contribution >= 0.6 is 0 Å². The minimum absolute atomic E-state index is 0.0123. The van der Waals surface area contributed by atoms with E-state index in [0.29, 0.717) is 6.04 Å². The molecule has 1 aliphatic rings. The first-order chi connectivity index (χ1) is 9.20. The molecule has 0 radical (unpaired) electrons. The molecule has 0 aromatic heterocycles. The normalized spacial score (nSPS) is 21.4. The summed E-state index contributed by atoms with van der Waals surface area (Å²) >= 11 is 0. The second kappa shape index (κ2) is 9.32. The first-order valence-electron chi connectivity index (χ1n) is 7.94. The van der Waals surface area contributed by atoms with Gasteiger partial charge in [-0.1, -0.05) is 20.3 Å². The van der Waals surface area contributed by atoms with Gasteiger partial charge in [0.25, 0.3) is 0 Å². The molecule has 0 saturated carbocycles.